The van der Waals surface area contributed by atoms with Crippen LogP contribution in [0.4, 0.5) is 0 Å². The van der Waals surface area contributed by atoms with Gasteiger partial charge in [0.2, 0.25) is 0 Å². The van der Waals surface area contributed by atoms with E-state index in [1.54, 1.807) is 11.3 Å². The van der Waals surface area contributed by atoms with Crippen molar-refractivity contribution in [2.75, 3.05) is 19.7 Å². The standard InChI is InChI=1S/C17H18N4O2S/c1-12-11-24-17(18-12)14-9-21(7-8-22-14)10-15-19-16(23-20-15)13-5-3-2-4-6-13/h2-6,11,14H,7-10H2,1H3/t14-/m0/s1. The highest BCUT2D eigenvalue weighted by molar-refractivity contribution is 7.09. The summed E-state index contributed by atoms with van der Waals surface area (Å²) >= 11 is 1.65. The average molecular weight is 342 g/mol. The van der Waals surface area contributed by atoms with Gasteiger partial charge in [-0.25, -0.2) is 4.98 Å². The molecule has 0 N–H and O–H groups in total. The maximum Gasteiger partial charge on any atom is 0.257 e. The number of morpholine rings is 1. The third-order valence-corrected chi connectivity index (χ3v) is 4.97. The zero-order valence-corrected chi connectivity index (χ0v) is 14.2. The fourth-order valence-corrected chi connectivity index (χ4v) is 3.57. The van der Waals surface area contributed by atoms with Crippen LogP contribution in [0.3, 0.4) is 0 Å². The molecule has 3 heterocycles. The summed E-state index contributed by atoms with van der Waals surface area (Å²) < 4.78 is 11.2. The van der Waals surface area contributed by atoms with Crippen LogP contribution in [0.5, 0.6) is 0 Å². The Balaban J connectivity index is 1.43. The summed E-state index contributed by atoms with van der Waals surface area (Å²) in [6.45, 7) is 5.00. The van der Waals surface area contributed by atoms with E-state index in [9.17, 15) is 0 Å². The largest absolute Gasteiger partial charge is 0.368 e. The molecule has 6 nitrogen and oxygen atoms in total. The van der Waals surface area contributed by atoms with Crippen molar-refractivity contribution in [1.29, 1.82) is 0 Å². The van der Waals surface area contributed by atoms with Gasteiger partial charge in [0.1, 0.15) is 11.1 Å². The predicted octanol–water partition coefficient (Wildman–Crippen LogP) is 3.08. The average Bonchev–Trinajstić information content (AvgIpc) is 3.25. The molecule has 4 rings (SSSR count). The van der Waals surface area contributed by atoms with Crippen molar-refractivity contribution in [3.8, 4) is 11.5 Å². The number of benzene rings is 1. The van der Waals surface area contributed by atoms with Crippen LogP contribution in [0, 0.1) is 6.92 Å². The summed E-state index contributed by atoms with van der Waals surface area (Å²) in [5.74, 6) is 1.26. The molecule has 1 saturated heterocycles. The van der Waals surface area contributed by atoms with Crippen molar-refractivity contribution < 1.29 is 9.26 Å². The lowest BCUT2D eigenvalue weighted by Crippen LogP contribution is -2.38. The summed E-state index contributed by atoms with van der Waals surface area (Å²) in [5, 5.41) is 7.20. The van der Waals surface area contributed by atoms with Crippen LogP contribution >= 0.6 is 11.3 Å². The first kappa shape index (κ1) is 15.4. The number of aryl methyl sites for hydroxylation is 1. The fourth-order valence-electron chi connectivity index (χ4n) is 2.73. The minimum atomic E-state index is 0.0259. The number of nitrogens with zero attached hydrogens (tertiary/aromatic N) is 4. The Kier molecular flexibility index (Phi) is 4.38. The number of aromatic nitrogens is 3. The first-order chi connectivity index (χ1) is 11.8. The Labute approximate surface area is 144 Å². The molecule has 124 valence electrons. The van der Waals surface area contributed by atoms with E-state index in [-0.39, 0.29) is 6.10 Å². The third-order valence-electron chi connectivity index (χ3n) is 3.92. The molecule has 0 amide bonds. The molecule has 2 aromatic heterocycles. The second kappa shape index (κ2) is 6.80. The quantitative estimate of drug-likeness (QED) is 0.726. The van der Waals surface area contributed by atoms with Gasteiger partial charge >= 0.3 is 0 Å². The lowest BCUT2D eigenvalue weighted by Gasteiger charge is -2.30. The summed E-state index contributed by atoms with van der Waals surface area (Å²) in [4.78, 5) is 11.3. The highest BCUT2D eigenvalue weighted by atomic mass is 32.1. The van der Waals surface area contributed by atoms with Gasteiger partial charge in [0.05, 0.1) is 13.2 Å². The predicted molar refractivity (Wildman–Crippen MR) is 90.6 cm³/mol. The molecule has 1 fully saturated rings. The Morgan fingerprint density at radius 3 is 2.92 bits per heavy atom. The van der Waals surface area contributed by atoms with E-state index >= 15 is 0 Å². The van der Waals surface area contributed by atoms with Gasteiger partial charge in [0.15, 0.2) is 5.82 Å². The SMILES string of the molecule is Cc1csc([C@@H]2CN(Cc3noc(-c4ccccc4)n3)CCO2)n1. The van der Waals surface area contributed by atoms with E-state index in [4.69, 9.17) is 9.26 Å². The third kappa shape index (κ3) is 3.38. The summed E-state index contributed by atoms with van der Waals surface area (Å²) in [6, 6.07) is 9.82. The van der Waals surface area contributed by atoms with Gasteiger partial charge in [-0.2, -0.15) is 4.98 Å². The Morgan fingerprint density at radius 2 is 2.12 bits per heavy atom. The molecule has 24 heavy (non-hydrogen) atoms. The van der Waals surface area contributed by atoms with Gasteiger partial charge < -0.3 is 9.26 Å². The maximum absolute atomic E-state index is 5.86. The van der Waals surface area contributed by atoms with Crippen LogP contribution in [-0.4, -0.2) is 39.7 Å². The first-order valence-corrected chi connectivity index (χ1v) is 8.80. The molecule has 1 aliphatic rings. The summed E-state index contributed by atoms with van der Waals surface area (Å²) in [6.07, 6.45) is 0.0259. The Hall–Kier alpha value is -2.09. The number of rotatable bonds is 4. The zero-order valence-electron chi connectivity index (χ0n) is 13.4. The lowest BCUT2D eigenvalue weighted by atomic mass is 10.2. The first-order valence-electron chi connectivity index (χ1n) is 7.92. The molecule has 1 aromatic carbocycles. The maximum atomic E-state index is 5.86. The topological polar surface area (TPSA) is 64.3 Å². The Bertz CT molecular complexity index is 802. The van der Waals surface area contributed by atoms with Crippen LogP contribution in [0.15, 0.2) is 40.2 Å². The molecule has 3 aromatic rings. The summed E-state index contributed by atoms with van der Waals surface area (Å²) in [5.41, 5.74) is 1.98. The van der Waals surface area contributed by atoms with Crippen molar-refractivity contribution in [3.05, 3.63) is 52.2 Å². The molecule has 0 unspecified atom stereocenters. The summed E-state index contributed by atoms with van der Waals surface area (Å²) in [7, 11) is 0. The molecule has 1 aliphatic heterocycles. The molecule has 0 spiro atoms. The highest BCUT2D eigenvalue weighted by Gasteiger charge is 2.25. The van der Waals surface area contributed by atoms with Crippen molar-refractivity contribution >= 4 is 11.3 Å². The smallest absolute Gasteiger partial charge is 0.257 e. The molecular formula is C17H18N4O2S. The van der Waals surface area contributed by atoms with Gasteiger partial charge in [0.25, 0.3) is 5.89 Å². The van der Waals surface area contributed by atoms with Gasteiger partial charge in [-0.05, 0) is 19.1 Å². The van der Waals surface area contributed by atoms with E-state index < -0.39 is 0 Å². The van der Waals surface area contributed by atoms with Gasteiger partial charge in [-0.3, -0.25) is 4.90 Å². The van der Waals surface area contributed by atoms with Gasteiger partial charge in [0, 0.05) is 29.7 Å². The molecule has 7 heteroatoms. The molecule has 0 saturated carbocycles. The number of thiazole rings is 1. The van der Waals surface area contributed by atoms with Crippen LogP contribution in [0.2, 0.25) is 0 Å². The number of hydrogen-bond donors (Lipinski definition) is 0. The van der Waals surface area contributed by atoms with Crippen LogP contribution < -0.4 is 0 Å². The van der Waals surface area contributed by atoms with E-state index in [2.05, 4.69) is 25.4 Å². The van der Waals surface area contributed by atoms with Crippen molar-refractivity contribution in [3.63, 3.8) is 0 Å². The second-order valence-electron chi connectivity index (χ2n) is 5.80. The number of ether oxygens (including phenoxy) is 1. The minimum absolute atomic E-state index is 0.0259. The second-order valence-corrected chi connectivity index (χ2v) is 6.69. The van der Waals surface area contributed by atoms with E-state index in [0.29, 0.717) is 24.9 Å². The molecule has 0 aliphatic carbocycles. The van der Waals surface area contributed by atoms with E-state index in [1.807, 2.05) is 37.3 Å². The van der Waals surface area contributed by atoms with Crippen LogP contribution in [0.1, 0.15) is 22.6 Å². The van der Waals surface area contributed by atoms with Crippen molar-refractivity contribution in [2.24, 2.45) is 0 Å². The van der Waals surface area contributed by atoms with Gasteiger partial charge in [-0.1, -0.05) is 23.4 Å². The zero-order chi connectivity index (χ0) is 16.4. The molecular weight excluding hydrogens is 324 g/mol. The van der Waals surface area contributed by atoms with E-state index in [0.717, 1.165) is 29.4 Å². The monoisotopic (exact) mass is 342 g/mol. The highest BCUT2D eigenvalue weighted by Crippen LogP contribution is 2.26. The molecule has 0 bridgehead atoms. The van der Waals surface area contributed by atoms with E-state index in [1.165, 1.54) is 0 Å². The minimum Gasteiger partial charge on any atom is -0.368 e. The van der Waals surface area contributed by atoms with Crippen LogP contribution in [-0.2, 0) is 11.3 Å². The van der Waals surface area contributed by atoms with Crippen LogP contribution in [0.25, 0.3) is 11.5 Å². The fraction of sp³-hybridized carbons (Fsp3) is 0.353. The molecule has 1 atom stereocenters. The van der Waals surface area contributed by atoms with Crippen molar-refractivity contribution in [2.45, 2.75) is 19.6 Å². The number of hydrogen-bond acceptors (Lipinski definition) is 7. The van der Waals surface area contributed by atoms with Crippen molar-refractivity contribution in [1.82, 2.24) is 20.0 Å². The normalized spacial score (nSPS) is 18.8. The Morgan fingerprint density at radius 1 is 1.25 bits per heavy atom. The van der Waals surface area contributed by atoms with Gasteiger partial charge in [-0.15, -0.1) is 11.3 Å². The molecule has 0 radical (unpaired) electrons. The lowest BCUT2D eigenvalue weighted by molar-refractivity contribution is -0.0339.